The van der Waals surface area contributed by atoms with Crippen molar-refractivity contribution in [1.29, 1.82) is 0 Å². The Kier molecular flexibility index (Phi) is 6.19. The molecule has 1 aliphatic heterocycles. The summed E-state index contributed by atoms with van der Waals surface area (Å²) in [5, 5.41) is 0. The second-order valence-electron chi connectivity index (χ2n) is 5.99. The van der Waals surface area contributed by atoms with Crippen LogP contribution in [-0.4, -0.2) is 62.5 Å². The van der Waals surface area contributed by atoms with E-state index in [9.17, 15) is 13.2 Å². The highest BCUT2D eigenvalue weighted by molar-refractivity contribution is 7.88. The molecule has 0 radical (unpaired) electrons. The maximum atomic E-state index is 12.7. The average molecular weight is 319 g/mol. The number of hydrogen-bond acceptors (Lipinski definition) is 4. The quantitative estimate of drug-likeness (QED) is 0.778. The Labute approximate surface area is 128 Å². The van der Waals surface area contributed by atoms with Crippen LogP contribution in [0.25, 0.3) is 0 Å². The van der Waals surface area contributed by atoms with Crippen molar-refractivity contribution in [3.05, 3.63) is 0 Å². The van der Waals surface area contributed by atoms with E-state index < -0.39 is 15.4 Å². The molecule has 0 aliphatic carbocycles. The molecule has 0 spiro atoms. The van der Waals surface area contributed by atoms with E-state index in [1.807, 2.05) is 18.7 Å². The van der Waals surface area contributed by atoms with E-state index >= 15 is 0 Å². The standard InChI is InChI=1S/C14H29N3O3S/c1-5-14(6-2,11-15)13(18)17-9-7-12(8-10-17)16(3)21(4,19)20/h12H,5-11,15H2,1-4H3. The summed E-state index contributed by atoms with van der Waals surface area (Å²) in [5.41, 5.74) is 5.37. The molecule has 7 heteroatoms. The zero-order chi connectivity index (χ0) is 16.3. The molecule has 124 valence electrons. The summed E-state index contributed by atoms with van der Waals surface area (Å²) in [7, 11) is -1.56. The van der Waals surface area contributed by atoms with Crippen molar-refractivity contribution < 1.29 is 13.2 Å². The summed E-state index contributed by atoms with van der Waals surface area (Å²) in [6, 6.07) is -0.0143. The number of rotatable bonds is 6. The first kappa shape index (κ1) is 18.4. The largest absolute Gasteiger partial charge is 0.342 e. The number of nitrogens with two attached hydrogens (primary N) is 1. The van der Waals surface area contributed by atoms with Gasteiger partial charge in [-0.1, -0.05) is 13.8 Å². The van der Waals surface area contributed by atoms with Gasteiger partial charge in [0.2, 0.25) is 15.9 Å². The fraction of sp³-hybridized carbons (Fsp3) is 0.929. The van der Waals surface area contributed by atoms with Crippen molar-refractivity contribution in [2.24, 2.45) is 11.1 Å². The molecule has 0 bridgehead atoms. The van der Waals surface area contributed by atoms with E-state index in [-0.39, 0.29) is 11.9 Å². The molecule has 0 aromatic heterocycles. The third-order valence-corrected chi connectivity index (χ3v) is 6.33. The molecule has 1 amide bonds. The number of carbonyl (C=O) groups excluding carboxylic acids is 1. The van der Waals surface area contributed by atoms with Crippen molar-refractivity contribution in [2.45, 2.75) is 45.6 Å². The van der Waals surface area contributed by atoms with Crippen LogP contribution in [0.3, 0.4) is 0 Å². The van der Waals surface area contributed by atoms with Gasteiger partial charge in [0.1, 0.15) is 0 Å². The maximum Gasteiger partial charge on any atom is 0.230 e. The Morgan fingerprint density at radius 3 is 2.10 bits per heavy atom. The fourth-order valence-corrected chi connectivity index (χ4v) is 3.72. The number of piperidine rings is 1. The van der Waals surface area contributed by atoms with Gasteiger partial charge >= 0.3 is 0 Å². The van der Waals surface area contributed by atoms with Crippen molar-refractivity contribution in [3.63, 3.8) is 0 Å². The first-order chi connectivity index (χ1) is 9.71. The first-order valence-electron chi connectivity index (χ1n) is 7.64. The molecule has 1 heterocycles. The summed E-state index contributed by atoms with van der Waals surface area (Å²) in [5.74, 6) is 0.121. The Bertz CT molecular complexity index is 444. The normalized spacial score (nSPS) is 18.3. The topological polar surface area (TPSA) is 83.7 Å². The highest BCUT2D eigenvalue weighted by Crippen LogP contribution is 2.29. The van der Waals surface area contributed by atoms with E-state index in [1.165, 1.54) is 10.6 Å². The van der Waals surface area contributed by atoms with Gasteiger partial charge in [0.05, 0.1) is 11.7 Å². The average Bonchev–Trinajstić information content (AvgIpc) is 2.48. The third kappa shape index (κ3) is 3.96. The SMILES string of the molecule is CCC(CC)(CN)C(=O)N1CCC(N(C)S(C)(=O)=O)CC1. The third-order valence-electron chi connectivity index (χ3n) is 4.99. The van der Waals surface area contributed by atoms with E-state index in [2.05, 4.69) is 0 Å². The van der Waals surface area contributed by atoms with Gasteiger partial charge in [-0.05, 0) is 25.7 Å². The molecule has 0 aromatic rings. The van der Waals surface area contributed by atoms with Crippen LogP contribution in [0.1, 0.15) is 39.5 Å². The molecule has 2 N–H and O–H groups in total. The van der Waals surface area contributed by atoms with E-state index in [0.717, 1.165) is 12.8 Å². The van der Waals surface area contributed by atoms with E-state index in [1.54, 1.807) is 7.05 Å². The molecule has 0 saturated carbocycles. The van der Waals surface area contributed by atoms with Gasteiger partial charge in [-0.25, -0.2) is 12.7 Å². The molecule has 0 aromatic carbocycles. The number of carbonyl (C=O) groups is 1. The van der Waals surface area contributed by atoms with Crippen LogP contribution in [0, 0.1) is 5.41 Å². The molecule has 0 unspecified atom stereocenters. The molecule has 6 nitrogen and oxygen atoms in total. The smallest absolute Gasteiger partial charge is 0.230 e. The van der Waals surface area contributed by atoms with Crippen molar-refractivity contribution in [2.75, 3.05) is 32.9 Å². The van der Waals surface area contributed by atoms with Gasteiger partial charge in [0.25, 0.3) is 0 Å². The molecule has 0 atom stereocenters. The van der Waals surface area contributed by atoms with Crippen LogP contribution in [-0.2, 0) is 14.8 Å². The minimum absolute atomic E-state index is 0.0143. The molecule has 1 fully saturated rings. The first-order valence-corrected chi connectivity index (χ1v) is 9.49. The molecule has 1 rings (SSSR count). The lowest BCUT2D eigenvalue weighted by Gasteiger charge is -2.40. The van der Waals surface area contributed by atoms with E-state index in [4.69, 9.17) is 5.73 Å². The Morgan fingerprint density at radius 1 is 1.29 bits per heavy atom. The van der Waals surface area contributed by atoms with Crippen molar-refractivity contribution >= 4 is 15.9 Å². The summed E-state index contributed by atoms with van der Waals surface area (Å²) >= 11 is 0. The fourth-order valence-electron chi connectivity index (χ4n) is 2.97. The summed E-state index contributed by atoms with van der Waals surface area (Å²) < 4.78 is 24.6. The molecular weight excluding hydrogens is 290 g/mol. The number of sulfonamides is 1. The summed E-state index contributed by atoms with van der Waals surface area (Å²) in [6.45, 7) is 5.56. The minimum Gasteiger partial charge on any atom is -0.342 e. The Morgan fingerprint density at radius 2 is 1.76 bits per heavy atom. The van der Waals surface area contributed by atoms with Gasteiger partial charge in [-0.15, -0.1) is 0 Å². The monoisotopic (exact) mass is 319 g/mol. The second kappa shape index (κ2) is 7.07. The number of amides is 1. The highest BCUT2D eigenvalue weighted by atomic mass is 32.2. The van der Waals surface area contributed by atoms with Crippen LogP contribution in [0.4, 0.5) is 0 Å². The van der Waals surface area contributed by atoms with Crippen molar-refractivity contribution in [3.8, 4) is 0 Å². The lowest BCUT2D eigenvalue weighted by atomic mass is 9.80. The van der Waals surface area contributed by atoms with Crippen LogP contribution >= 0.6 is 0 Å². The predicted molar refractivity (Wildman–Crippen MR) is 84.3 cm³/mol. The summed E-state index contributed by atoms with van der Waals surface area (Å²) in [6.07, 6.45) is 4.06. The molecule has 1 saturated heterocycles. The lowest BCUT2D eigenvalue weighted by Crippen LogP contribution is -2.52. The molecule has 1 aliphatic rings. The number of hydrogen-bond donors (Lipinski definition) is 1. The zero-order valence-electron chi connectivity index (χ0n) is 13.6. The van der Waals surface area contributed by atoms with Gasteiger partial charge < -0.3 is 10.6 Å². The maximum absolute atomic E-state index is 12.7. The predicted octanol–water partition coefficient (Wildman–Crippen LogP) is 0.634. The Hall–Kier alpha value is -0.660. The highest BCUT2D eigenvalue weighted by Gasteiger charge is 2.38. The Balaban J connectivity index is 2.71. The van der Waals surface area contributed by atoms with Crippen molar-refractivity contribution in [1.82, 2.24) is 9.21 Å². The second-order valence-corrected chi connectivity index (χ2v) is 8.04. The van der Waals surface area contributed by atoms with Gasteiger partial charge in [-0.3, -0.25) is 4.79 Å². The van der Waals surface area contributed by atoms with Gasteiger partial charge in [0.15, 0.2) is 0 Å². The van der Waals surface area contributed by atoms with Gasteiger partial charge in [0, 0.05) is 32.7 Å². The minimum atomic E-state index is -3.17. The molecular formula is C14H29N3O3S. The van der Waals surface area contributed by atoms with Gasteiger partial charge in [-0.2, -0.15) is 0 Å². The van der Waals surface area contributed by atoms with Crippen LogP contribution in [0.15, 0.2) is 0 Å². The molecule has 21 heavy (non-hydrogen) atoms. The number of nitrogens with zero attached hydrogens (tertiary/aromatic N) is 2. The van der Waals surface area contributed by atoms with Crippen LogP contribution in [0.5, 0.6) is 0 Å². The van der Waals surface area contributed by atoms with Crippen LogP contribution in [0.2, 0.25) is 0 Å². The summed E-state index contributed by atoms with van der Waals surface area (Å²) in [4.78, 5) is 14.6. The lowest BCUT2D eigenvalue weighted by molar-refractivity contribution is -0.143. The number of likely N-dealkylation sites (tertiary alicyclic amines) is 1. The van der Waals surface area contributed by atoms with Crippen LogP contribution < -0.4 is 5.73 Å². The van der Waals surface area contributed by atoms with E-state index in [0.29, 0.717) is 32.5 Å². The zero-order valence-corrected chi connectivity index (χ0v) is 14.4.